The van der Waals surface area contributed by atoms with E-state index in [0.29, 0.717) is 11.1 Å². The lowest BCUT2D eigenvalue weighted by Crippen LogP contribution is -2.21. The number of hydrogen-bond donors (Lipinski definition) is 0. The molecule has 0 saturated heterocycles. The Morgan fingerprint density at radius 2 is 1.07 bits per heavy atom. The van der Waals surface area contributed by atoms with E-state index in [1.165, 1.54) is 54.5 Å². The third-order valence-corrected chi connectivity index (χ3v) is 3.35. The van der Waals surface area contributed by atoms with Crippen LogP contribution in [-0.2, 0) is 33.4 Å². The van der Waals surface area contributed by atoms with Crippen LogP contribution in [0.5, 0.6) is 0 Å². The Kier molecular flexibility index (Phi) is 53.0. The molecule has 0 radical (unpaired) electrons. The molecule has 0 aliphatic carbocycles. The van der Waals surface area contributed by atoms with E-state index in [0.717, 1.165) is 12.5 Å². The molecule has 0 aromatic rings. The molecule has 10 nitrogen and oxygen atoms in total. The van der Waals surface area contributed by atoms with Gasteiger partial charge in [0.15, 0.2) is 0 Å². The van der Waals surface area contributed by atoms with E-state index in [1.807, 2.05) is 6.08 Å². The number of ether oxygens (including phenoxy) is 2. The summed E-state index contributed by atoms with van der Waals surface area (Å²) in [6.45, 7) is 31.3. The Balaban J connectivity index is -0.0000000693. The van der Waals surface area contributed by atoms with Gasteiger partial charge in [0, 0.05) is 59.4 Å². The summed E-state index contributed by atoms with van der Waals surface area (Å²) in [7, 11) is 11.1. The fourth-order valence-corrected chi connectivity index (χ4v) is 0.950. The van der Waals surface area contributed by atoms with Gasteiger partial charge in [0.1, 0.15) is 0 Å². The van der Waals surface area contributed by atoms with Gasteiger partial charge in [-0.1, -0.05) is 66.2 Å². The normalized spacial score (nSPS) is 7.45. The molecule has 0 aromatic carbocycles. The first-order valence-electron chi connectivity index (χ1n) is 12.9. The van der Waals surface area contributed by atoms with Crippen molar-refractivity contribution in [3.63, 3.8) is 0 Å². The fourth-order valence-electron chi connectivity index (χ4n) is 0.950. The molecule has 0 N–H and O–H groups in total. The third-order valence-electron chi connectivity index (χ3n) is 3.35. The predicted molar refractivity (Wildman–Crippen MR) is 177 cm³/mol. The summed E-state index contributed by atoms with van der Waals surface area (Å²) >= 11 is 0. The zero-order valence-corrected chi connectivity index (χ0v) is 28.7. The number of hydrogen-bond acceptors (Lipinski definition) is 7. The molecule has 0 rings (SSSR count). The van der Waals surface area contributed by atoms with Crippen molar-refractivity contribution < 1.29 is 33.4 Å². The van der Waals surface area contributed by atoms with Crippen LogP contribution in [0.3, 0.4) is 0 Å². The summed E-state index contributed by atoms with van der Waals surface area (Å²) in [5.41, 5.74) is 1.01. The monoisotopic (exact) mass is 597 g/mol. The van der Waals surface area contributed by atoms with Crippen molar-refractivity contribution in [1.82, 2.24) is 14.7 Å². The molecule has 0 fully saturated rings. The van der Waals surface area contributed by atoms with Crippen molar-refractivity contribution in [2.24, 2.45) is 0 Å². The lowest BCUT2D eigenvalue weighted by Gasteiger charge is -2.07. The van der Waals surface area contributed by atoms with Gasteiger partial charge in [-0.25, -0.2) is 9.59 Å². The number of rotatable bonds is 6. The SMILES string of the molecule is C=C(C)C(=O)N(C)C.C=C(C)C(=O)OC.C=CC(=O)N(C)C.C=CC(=O)OC.C=CCC.C=CN(C)C(C)=O.CCC. The van der Waals surface area contributed by atoms with Gasteiger partial charge in [0.25, 0.3) is 0 Å². The van der Waals surface area contributed by atoms with Crippen LogP contribution in [-0.4, -0.2) is 93.8 Å². The summed E-state index contributed by atoms with van der Waals surface area (Å²) in [5, 5.41) is 0. The maximum atomic E-state index is 10.7. The van der Waals surface area contributed by atoms with Crippen LogP contribution in [0, 0.1) is 0 Å². The first kappa shape index (κ1) is 54.0. The Morgan fingerprint density at radius 1 is 0.690 bits per heavy atom. The molecule has 0 atom stereocenters. The average Bonchev–Trinajstić information content (AvgIpc) is 2.96. The van der Waals surface area contributed by atoms with Crippen LogP contribution in [0.4, 0.5) is 0 Å². The van der Waals surface area contributed by atoms with Crippen LogP contribution in [0.1, 0.15) is 54.4 Å². The predicted octanol–water partition coefficient (Wildman–Crippen LogP) is 5.60. The summed E-state index contributed by atoms with van der Waals surface area (Å²) in [6.07, 6.45) is 8.07. The molecule has 0 spiro atoms. The van der Waals surface area contributed by atoms with Gasteiger partial charge >= 0.3 is 11.9 Å². The smallest absolute Gasteiger partial charge is 0.332 e. The molecule has 0 saturated carbocycles. The second kappa shape index (κ2) is 41.3. The average molecular weight is 598 g/mol. The second-order valence-electron chi connectivity index (χ2n) is 8.13. The fraction of sp³-hybridized carbons (Fsp3) is 0.469. The number of nitrogens with zero attached hydrogens (tertiary/aromatic N) is 3. The van der Waals surface area contributed by atoms with Crippen molar-refractivity contribution >= 4 is 29.7 Å². The van der Waals surface area contributed by atoms with Gasteiger partial charge in [0.2, 0.25) is 17.7 Å². The van der Waals surface area contributed by atoms with E-state index in [-0.39, 0.29) is 23.7 Å². The molecule has 0 bridgehead atoms. The van der Waals surface area contributed by atoms with Crippen molar-refractivity contribution in [2.45, 2.75) is 54.4 Å². The van der Waals surface area contributed by atoms with E-state index in [1.54, 1.807) is 49.1 Å². The van der Waals surface area contributed by atoms with Gasteiger partial charge in [-0.3, -0.25) is 14.4 Å². The number of carbonyl (C=O) groups excluding carboxylic acids is 5. The van der Waals surface area contributed by atoms with Crippen molar-refractivity contribution in [2.75, 3.05) is 49.5 Å². The zero-order chi connectivity index (χ0) is 35.4. The molecule has 0 aliphatic rings. The molecule has 0 aliphatic heterocycles. The highest BCUT2D eigenvalue weighted by Gasteiger charge is 2.01. The quantitative estimate of drug-likeness (QED) is 0.222. The van der Waals surface area contributed by atoms with Gasteiger partial charge in [0.05, 0.1) is 14.2 Å². The van der Waals surface area contributed by atoms with Crippen LogP contribution >= 0.6 is 0 Å². The van der Waals surface area contributed by atoms with Gasteiger partial charge in [-0.05, 0) is 32.5 Å². The summed E-state index contributed by atoms with van der Waals surface area (Å²) in [4.78, 5) is 55.6. The van der Waals surface area contributed by atoms with Gasteiger partial charge < -0.3 is 24.2 Å². The summed E-state index contributed by atoms with van der Waals surface area (Å²) in [6, 6.07) is 0. The van der Waals surface area contributed by atoms with E-state index < -0.39 is 5.97 Å². The second-order valence-corrected chi connectivity index (χ2v) is 8.13. The minimum atomic E-state index is -0.394. The van der Waals surface area contributed by atoms with E-state index in [9.17, 15) is 24.0 Å². The van der Waals surface area contributed by atoms with Crippen molar-refractivity contribution in [3.8, 4) is 0 Å². The van der Waals surface area contributed by atoms with E-state index in [4.69, 9.17) is 0 Å². The number of carbonyl (C=O) groups is 5. The third kappa shape index (κ3) is 60.4. The molecule has 10 heteroatoms. The van der Waals surface area contributed by atoms with Crippen LogP contribution < -0.4 is 0 Å². The summed E-state index contributed by atoms with van der Waals surface area (Å²) < 4.78 is 8.42. The highest BCUT2D eigenvalue weighted by molar-refractivity contribution is 5.91. The molecule has 0 heterocycles. The standard InChI is InChI=1S/C6H11NO.2C5H9NO.C5H8O2.C4H6O2.C4H8.C3H8/c1-5(2)6(8)7(3)4;1-4-5(7)6(2)3;1-4-6(3)5(2)7;1-4(2)5(6)7-3;1-3-4(5)6-2;1-3-4-2;1-3-2/h1H2,2-4H3;2*4H,1H2,2-3H3;1H2,2-3H3;3H,1H2,2H3;3H,1,4H2,2H3;3H2,1-2H3. The van der Waals surface area contributed by atoms with Crippen molar-refractivity contribution in [1.29, 1.82) is 0 Å². The molecule has 0 aromatic heterocycles. The molecule has 42 heavy (non-hydrogen) atoms. The Hall–Kier alpha value is -4.21. The molecule has 244 valence electrons. The summed E-state index contributed by atoms with van der Waals surface area (Å²) in [5.74, 6) is -0.796. The van der Waals surface area contributed by atoms with Crippen LogP contribution in [0.2, 0.25) is 0 Å². The van der Waals surface area contributed by atoms with E-state index >= 15 is 0 Å². The maximum Gasteiger partial charge on any atom is 0.332 e. The Labute approximate surface area is 256 Å². The lowest BCUT2D eigenvalue weighted by atomic mass is 10.3. The number of esters is 2. The molecular formula is C32H59N3O7. The first-order valence-corrected chi connectivity index (χ1v) is 12.9. The lowest BCUT2D eigenvalue weighted by molar-refractivity contribution is -0.136. The van der Waals surface area contributed by atoms with Gasteiger partial charge in [-0.15, -0.1) is 6.58 Å². The number of allylic oxidation sites excluding steroid dienone is 1. The minimum absolute atomic E-state index is 0.00926. The zero-order valence-electron chi connectivity index (χ0n) is 28.7. The van der Waals surface area contributed by atoms with Crippen LogP contribution in [0.25, 0.3) is 0 Å². The maximum absolute atomic E-state index is 10.7. The Bertz CT molecular complexity index is 813. The van der Waals surface area contributed by atoms with Gasteiger partial charge in [-0.2, -0.15) is 0 Å². The van der Waals surface area contributed by atoms with Crippen molar-refractivity contribution in [3.05, 3.63) is 75.0 Å². The number of amides is 3. The van der Waals surface area contributed by atoms with Crippen LogP contribution in [0.15, 0.2) is 75.0 Å². The molecule has 0 unspecified atom stereocenters. The topological polar surface area (TPSA) is 114 Å². The molecular weight excluding hydrogens is 538 g/mol. The number of methoxy groups -OCH3 is 2. The minimum Gasteiger partial charge on any atom is -0.466 e. The molecule has 3 amide bonds. The van der Waals surface area contributed by atoms with E-state index in [2.05, 4.69) is 69.7 Å². The largest absolute Gasteiger partial charge is 0.466 e. The highest BCUT2D eigenvalue weighted by atomic mass is 16.5. The Morgan fingerprint density at radius 3 is 1.07 bits per heavy atom. The highest BCUT2D eigenvalue weighted by Crippen LogP contribution is 1.90. The first-order chi connectivity index (χ1) is 19.2. The number of likely N-dealkylation sites (N-methyl/N-ethyl adjacent to an activating group) is 2.